The molecular weight excluding hydrogens is 214 g/mol. The van der Waals surface area contributed by atoms with Gasteiger partial charge < -0.3 is 10.1 Å². The van der Waals surface area contributed by atoms with Crippen LogP contribution in [0.4, 0.5) is 0 Å². The molecular formula is C14H21NO2. The minimum atomic E-state index is -0.0689. The Morgan fingerprint density at radius 3 is 2.82 bits per heavy atom. The predicted octanol–water partition coefficient (Wildman–Crippen LogP) is 2.40. The highest BCUT2D eigenvalue weighted by atomic mass is 16.5. The first kappa shape index (κ1) is 13.6. The molecule has 3 nitrogen and oxygen atoms in total. The second kappa shape index (κ2) is 6.94. The van der Waals surface area contributed by atoms with Crippen LogP contribution in [0.3, 0.4) is 0 Å². The SMILES string of the molecule is CCc1cccc(OCC(=O)NCC(C)C)c1. The van der Waals surface area contributed by atoms with Crippen molar-refractivity contribution in [3.8, 4) is 5.75 Å². The van der Waals surface area contributed by atoms with E-state index in [9.17, 15) is 4.79 Å². The Morgan fingerprint density at radius 1 is 1.41 bits per heavy atom. The normalized spacial score (nSPS) is 10.4. The van der Waals surface area contributed by atoms with Gasteiger partial charge in [0.15, 0.2) is 6.61 Å². The Kier molecular flexibility index (Phi) is 5.53. The zero-order chi connectivity index (χ0) is 12.7. The molecule has 0 heterocycles. The molecule has 0 radical (unpaired) electrons. The number of aryl methyl sites for hydroxylation is 1. The standard InChI is InChI=1S/C14H21NO2/c1-4-12-6-5-7-13(8-12)17-10-14(16)15-9-11(2)3/h5-8,11H,4,9-10H2,1-3H3,(H,15,16). The van der Waals surface area contributed by atoms with Crippen molar-refractivity contribution in [3.63, 3.8) is 0 Å². The molecule has 0 aliphatic carbocycles. The summed E-state index contributed by atoms with van der Waals surface area (Å²) in [7, 11) is 0. The third kappa shape index (κ3) is 5.38. The number of ether oxygens (including phenoxy) is 1. The van der Waals surface area contributed by atoms with Crippen LogP contribution in [0.15, 0.2) is 24.3 Å². The second-order valence-electron chi connectivity index (χ2n) is 4.49. The Labute approximate surface area is 103 Å². The van der Waals surface area contributed by atoms with Crippen molar-refractivity contribution in [2.24, 2.45) is 5.92 Å². The molecule has 0 aliphatic rings. The number of rotatable bonds is 6. The predicted molar refractivity (Wildman–Crippen MR) is 69.2 cm³/mol. The number of carbonyl (C=O) groups excluding carboxylic acids is 1. The van der Waals surface area contributed by atoms with Gasteiger partial charge in [-0.25, -0.2) is 0 Å². The van der Waals surface area contributed by atoms with Gasteiger partial charge in [-0.15, -0.1) is 0 Å². The number of hydrogen-bond donors (Lipinski definition) is 1. The molecule has 1 aromatic rings. The van der Waals surface area contributed by atoms with Crippen LogP contribution in [0.5, 0.6) is 5.75 Å². The maximum atomic E-state index is 11.4. The van der Waals surface area contributed by atoms with Gasteiger partial charge in [-0.05, 0) is 30.0 Å². The van der Waals surface area contributed by atoms with E-state index in [1.165, 1.54) is 5.56 Å². The van der Waals surface area contributed by atoms with Crippen LogP contribution in [0.25, 0.3) is 0 Å². The average molecular weight is 235 g/mol. The molecule has 0 saturated heterocycles. The Balaban J connectivity index is 2.36. The van der Waals surface area contributed by atoms with Gasteiger partial charge in [-0.2, -0.15) is 0 Å². The highest BCUT2D eigenvalue weighted by Gasteiger charge is 2.03. The van der Waals surface area contributed by atoms with Crippen LogP contribution in [0.2, 0.25) is 0 Å². The third-order valence-electron chi connectivity index (χ3n) is 2.38. The lowest BCUT2D eigenvalue weighted by molar-refractivity contribution is -0.123. The van der Waals surface area contributed by atoms with Crippen molar-refractivity contribution in [2.75, 3.05) is 13.2 Å². The molecule has 0 fully saturated rings. The van der Waals surface area contributed by atoms with E-state index in [0.717, 1.165) is 12.2 Å². The van der Waals surface area contributed by atoms with Gasteiger partial charge in [-0.1, -0.05) is 32.9 Å². The zero-order valence-electron chi connectivity index (χ0n) is 10.8. The summed E-state index contributed by atoms with van der Waals surface area (Å²) in [5.41, 5.74) is 1.21. The van der Waals surface area contributed by atoms with Gasteiger partial charge in [0.05, 0.1) is 0 Å². The van der Waals surface area contributed by atoms with E-state index in [2.05, 4.69) is 26.1 Å². The zero-order valence-corrected chi connectivity index (χ0v) is 10.8. The molecule has 0 spiro atoms. The fourth-order valence-corrected chi connectivity index (χ4v) is 1.37. The van der Waals surface area contributed by atoms with Crippen molar-refractivity contribution in [1.82, 2.24) is 5.32 Å². The van der Waals surface area contributed by atoms with E-state index in [-0.39, 0.29) is 12.5 Å². The van der Waals surface area contributed by atoms with Crippen LogP contribution in [0, 0.1) is 5.92 Å². The quantitative estimate of drug-likeness (QED) is 0.822. The Bertz CT molecular complexity index is 361. The van der Waals surface area contributed by atoms with Gasteiger partial charge in [0.1, 0.15) is 5.75 Å². The lowest BCUT2D eigenvalue weighted by Gasteiger charge is -2.09. The summed E-state index contributed by atoms with van der Waals surface area (Å²) >= 11 is 0. The smallest absolute Gasteiger partial charge is 0.257 e. The molecule has 0 unspecified atom stereocenters. The van der Waals surface area contributed by atoms with Crippen molar-refractivity contribution >= 4 is 5.91 Å². The summed E-state index contributed by atoms with van der Waals surface area (Å²) in [6.45, 7) is 6.99. The number of amides is 1. The molecule has 94 valence electrons. The fourth-order valence-electron chi connectivity index (χ4n) is 1.37. The van der Waals surface area contributed by atoms with Crippen LogP contribution in [-0.4, -0.2) is 19.1 Å². The number of carbonyl (C=O) groups is 1. The highest BCUT2D eigenvalue weighted by Crippen LogP contribution is 2.13. The summed E-state index contributed by atoms with van der Waals surface area (Å²) in [5, 5.41) is 2.82. The van der Waals surface area contributed by atoms with Crippen molar-refractivity contribution in [3.05, 3.63) is 29.8 Å². The molecule has 0 bridgehead atoms. The molecule has 0 aliphatic heterocycles. The molecule has 0 atom stereocenters. The lowest BCUT2D eigenvalue weighted by atomic mass is 10.2. The first-order valence-electron chi connectivity index (χ1n) is 6.10. The summed E-state index contributed by atoms with van der Waals surface area (Å²) in [6.07, 6.45) is 0.969. The summed E-state index contributed by atoms with van der Waals surface area (Å²) in [5.74, 6) is 1.15. The second-order valence-corrected chi connectivity index (χ2v) is 4.49. The molecule has 17 heavy (non-hydrogen) atoms. The summed E-state index contributed by atoms with van der Waals surface area (Å²) < 4.78 is 5.43. The molecule has 1 rings (SSSR count). The molecule has 1 amide bonds. The van der Waals surface area contributed by atoms with Crippen molar-refractivity contribution < 1.29 is 9.53 Å². The minimum Gasteiger partial charge on any atom is -0.484 e. The van der Waals surface area contributed by atoms with E-state index < -0.39 is 0 Å². The molecule has 3 heteroatoms. The van der Waals surface area contributed by atoms with Crippen molar-refractivity contribution in [2.45, 2.75) is 27.2 Å². The third-order valence-corrected chi connectivity index (χ3v) is 2.38. The van der Waals surface area contributed by atoms with E-state index in [0.29, 0.717) is 12.5 Å². The van der Waals surface area contributed by atoms with Crippen LogP contribution < -0.4 is 10.1 Å². The maximum absolute atomic E-state index is 11.4. The van der Waals surface area contributed by atoms with E-state index in [1.807, 2.05) is 24.3 Å². The van der Waals surface area contributed by atoms with Crippen LogP contribution >= 0.6 is 0 Å². The Morgan fingerprint density at radius 2 is 2.18 bits per heavy atom. The topological polar surface area (TPSA) is 38.3 Å². The van der Waals surface area contributed by atoms with Gasteiger partial charge in [0.2, 0.25) is 0 Å². The first-order chi connectivity index (χ1) is 8.11. The van der Waals surface area contributed by atoms with E-state index >= 15 is 0 Å². The average Bonchev–Trinajstić information content (AvgIpc) is 2.34. The number of nitrogens with one attached hydrogen (secondary N) is 1. The monoisotopic (exact) mass is 235 g/mol. The van der Waals surface area contributed by atoms with Gasteiger partial charge in [0.25, 0.3) is 5.91 Å². The van der Waals surface area contributed by atoms with Crippen LogP contribution in [0.1, 0.15) is 26.3 Å². The minimum absolute atomic E-state index is 0.0689. The molecule has 1 N–H and O–H groups in total. The van der Waals surface area contributed by atoms with Crippen LogP contribution in [-0.2, 0) is 11.2 Å². The maximum Gasteiger partial charge on any atom is 0.257 e. The van der Waals surface area contributed by atoms with Gasteiger partial charge in [-0.3, -0.25) is 4.79 Å². The lowest BCUT2D eigenvalue weighted by Crippen LogP contribution is -2.31. The Hall–Kier alpha value is -1.51. The van der Waals surface area contributed by atoms with Gasteiger partial charge in [0, 0.05) is 6.54 Å². The van der Waals surface area contributed by atoms with E-state index in [1.54, 1.807) is 0 Å². The number of benzene rings is 1. The number of hydrogen-bond acceptors (Lipinski definition) is 2. The molecule has 0 aromatic heterocycles. The largest absolute Gasteiger partial charge is 0.484 e. The highest BCUT2D eigenvalue weighted by molar-refractivity contribution is 5.77. The summed E-state index contributed by atoms with van der Waals surface area (Å²) in [6, 6.07) is 7.83. The molecule has 0 saturated carbocycles. The van der Waals surface area contributed by atoms with Crippen molar-refractivity contribution in [1.29, 1.82) is 0 Å². The molecule has 1 aromatic carbocycles. The van der Waals surface area contributed by atoms with Gasteiger partial charge >= 0.3 is 0 Å². The van der Waals surface area contributed by atoms with E-state index in [4.69, 9.17) is 4.74 Å². The fraction of sp³-hybridized carbons (Fsp3) is 0.500. The first-order valence-corrected chi connectivity index (χ1v) is 6.10. The summed E-state index contributed by atoms with van der Waals surface area (Å²) in [4.78, 5) is 11.4.